The van der Waals surface area contributed by atoms with E-state index >= 15 is 0 Å². The monoisotopic (exact) mass is 240 g/mol. The number of hydrogen-bond acceptors (Lipinski definition) is 4. The Labute approximate surface area is 101 Å². The van der Waals surface area contributed by atoms with Gasteiger partial charge in [-0.2, -0.15) is 0 Å². The van der Waals surface area contributed by atoms with E-state index in [9.17, 15) is 0 Å². The van der Waals surface area contributed by atoms with Crippen LogP contribution in [0.25, 0.3) is 0 Å². The van der Waals surface area contributed by atoms with Crippen molar-refractivity contribution in [3.63, 3.8) is 0 Å². The van der Waals surface area contributed by atoms with Gasteiger partial charge in [0.1, 0.15) is 5.01 Å². The average molecular weight is 240 g/mol. The molecule has 2 rings (SSSR count). The van der Waals surface area contributed by atoms with Crippen molar-refractivity contribution < 1.29 is 4.74 Å². The number of ether oxygens (including phenoxy) is 1. The van der Waals surface area contributed by atoms with Crippen LogP contribution in [-0.2, 0) is 10.3 Å². The summed E-state index contributed by atoms with van der Waals surface area (Å²) in [5, 5.41) is 4.82. The summed E-state index contributed by atoms with van der Waals surface area (Å²) in [6, 6.07) is 0. The van der Waals surface area contributed by atoms with Gasteiger partial charge in [-0.05, 0) is 33.2 Å². The number of aromatic nitrogens is 1. The molecule has 1 aromatic rings. The number of nitrogens with zero attached hydrogens (tertiary/aromatic N) is 1. The first kappa shape index (κ1) is 12.0. The van der Waals surface area contributed by atoms with Crippen molar-refractivity contribution in [3.8, 4) is 0 Å². The summed E-state index contributed by atoms with van der Waals surface area (Å²) in [6.07, 6.45) is 2.48. The molecule has 0 spiro atoms. The summed E-state index contributed by atoms with van der Waals surface area (Å²) in [4.78, 5) is 6.02. The molecule has 1 aliphatic rings. The highest BCUT2D eigenvalue weighted by Crippen LogP contribution is 2.44. The first-order valence-corrected chi connectivity index (χ1v) is 6.65. The zero-order valence-corrected chi connectivity index (χ0v) is 11.3. The third-order valence-electron chi connectivity index (χ3n) is 3.44. The molecule has 0 saturated heterocycles. The minimum atomic E-state index is 0.0825. The van der Waals surface area contributed by atoms with Crippen molar-refractivity contribution in [2.24, 2.45) is 0 Å². The average Bonchev–Trinajstić information content (AvgIpc) is 2.52. The number of nitrogens with one attached hydrogen (secondary N) is 1. The molecule has 90 valence electrons. The fraction of sp³-hybridized carbons (Fsp3) is 0.750. The maximum atomic E-state index is 5.38. The number of hydrogen-bond donors (Lipinski definition) is 1. The van der Waals surface area contributed by atoms with Crippen LogP contribution in [0.2, 0.25) is 0 Å². The maximum Gasteiger partial charge on any atom is 0.113 e. The molecular formula is C12H20N2OS. The fourth-order valence-corrected chi connectivity index (χ4v) is 3.39. The number of thiazole rings is 1. The topological polar surface area (TPSA) is 34.2 Å². The Bertz CT molecular complexity index is 350. The van der Waals surface area contributed by atoms with Gasteiger partial charge in [0.2, 0.25) is 0 Å². The zero-order chi connectivity index (χ0) is 11.8. The highest BCUT2D eigenvalue weighted by Gasteiger charge is 2.47. The van der Waals surface area contributed by atoms with Crippen LogP contribution in [0, 0.1) is 13.8 Å². The molecule has 0 aromatic carbocycles. The smallest absolute Gasteiger partial charge is 0.113 e. The molecule has 0 radical (unpaired) electrons. The van der Waals surface area contributed by atoms with E-state index in [4.69, 9.17) is 9.72 Å². The molecule has 1 heterocycles. The van der Waals surface area contributed by atoms with Crippen LogP contribution in [0.4, 0.5) is 0 Å². The lowest BCUT2D eigenvalue weighted by Gasteiger charge is -2.46. The van der Waals surface area contributed by atoms with Gasteiger partial charge in [0.15, 0.2) is 0 Å². The molecule has 0 atom stereocenters. The molecule has 1 aromatic heterocycles. The second-order valence-electron chi connectivity index (χ2n) is 4.54. The molecule has 0 bridgehead atoms. The highest BCUT2D eigenvalue weighted by molar-refractivity contribution is 7.11. The Hall–Kier alpha value is -0.450. The van der Waals surface area contributed by atoms with Gasteiger partial charge in [-0.1, -0.05) is 6.92 Å². The van der Waals surface area contributed by atoms with E-state index in [1.165, 1.54) is 9.88 Å². The van der Waals surface area contributed by atoms with Crippen LogP contribution in [0.15, 0.2) is 0 Å². The van der Waals surface area contributed by atoms with Crippen LogP contribution in [0.5, 0.6) is 0 Å². The summed E-state index contributed by atoms with van der Waals surface area (Å²) < 4.78 is 5.38. The van der Waals surface area contributed by atoms with E-state index in [-0.39, 0.29) is 5.54 Å². The Morgan fingerprint density at radius 1 is 1.50 bits per heavy atom. The Morgan fingerprint density at radius 3 is 2.62 bits per heavy atom. The van der Waals surface area contributed by atoms with E-state index in [2.05, 4.69) is 26.1 Å². The largest absolute Gasteiger partial charge is 0.381 e. The number of aryl methyl sites for hydroxylation is 2. The Balaban J connectivity index is 2.20. The molecule has 1 fully saturated rings. The first-order valence-electron chi connectivity index (χ1n) is 5.83. The van der Waals surface area contributed by atoms with Gasteiger partial charge in [0.25, 0.3) is 0 Å². The molecular weight excluding hydrogens is 220 g/mol. The minimum absolute atomic E-state index is 0.0825. The van der Waals surface area contributed by atoms with Gasteiger partial charge < -0.3 is 10.1 Å². The van der Waals surface area contributed by atoms with Gasteiger partial charge in [-0.15, -0.1) is 11.3 Å². The lowest BCUT2D eigenvalue weighted by atomic mass is 9.74. The first-order chi connectivity index (χ1) is 7.61. The number of rotatable bonds is 4. The second kappa shape index (κ2) is 4.43. The van der Waals surface area contributed by atoms with Crippen molar-refractivity contribution >= 4 is 11.3 Å². The SMILES string of the molecule is CCNC1(c2nc(C)c(C)s2)CC(OC)C1. The predicted molar refractivity (Wildman–Crippen MR) is 67.0 cm³/mol. The Kier molecular flexibility index (Phi) is 3.33. The van der Waals surface area contributed by atoms with Crippen molar-refractivity contribution in [3.05, 3.63) is 15.6 Å². The van der Waals surface area contributed by atoms with Crippen LogP contribution >= 0.6 is 11.3 Å². The summed E-state index contributed by atoms with van der Waals surface area (Å²) in [5.41, 5.74) is 1.25. The van der Waals surface area contributed by atoms with Crippen molar-refractivity contribution in [1.29, 1.82) is 0 Å². The third kappa shape index (κ3) is 1.90. The molecule has 1 N–H and O–H groups in total. The molecule has 16 heavy (non-hydrogen) atoms. The standard InChI is InChI=1S/C12H20N2OS/c1-5-13-12(6-10(7-12)15-4)11-14-8(2)9(3)16-11/h10,13H,5-7H2,1-4H3. The van der Waals surface area contributed by atoms with E-state index in [1.807, 2.05) is 11.3 Å². The summed E-state index contributed by atoms with van der Waals surface area (Å²) in [6.45, 7) is 7.35. The van der Waals surface area contributed by atoms with E-state index in [0.29, 0.717) is 6.10 Å². The molecule has 1 saturated carbocycles. The van der Waals surface area contributed by atoms with E-state index < -0.39 is 0 Å². The predicted octanol–water partition coefficient (Wildman–Crippen LogP) is 2.37. The van der Waals surface area contributed by atoms with Crippen LogP contribution < -0.4 is 5.32 Å². The summed E-state index contributed by atoms with van der Waals surface area (Å²) in [7, 11) is 1.79. The lowest BCUT2D eigenvalue weighted by Crippen LogP contribution is -2.55. The van der Waals surface area contributed by atoms with E-state index in [0.717, 1.165) is 25.1 Å². The fourth-order valence-electron chi connectivity index (χ4n) is 2.29. The summed E-state index contributed by atoms with van der Waals surface area (Å²) >= 11 is 1.82. The molecule has 0 amide bonds. The highest BCUT2D eigenvalue weighted by atomic mass is 32.1. The second-order valence-corrected chi connectivity index (χ2v) is 5.74. The molecule has 0 aliphatic heterocycles. The van der Waals surface area contributed by atoms with Crippen LogP contribution in [-0.4, -0.2) is 24.7 Å². The molecule has 1 aliphatic carbocycles. The van der Waals surface area contributed by atoms with Crippen LogP contribution in [0.1, 0.15) is 35.3 Å². The maximum absolute atomic E-state index is 5.38. The molecule has 3 nitrogen and oxygen atoms in total. The zero-order valence-electron chi connectivity index (χ0n) is 10.5. The van der Waals surface area contributed by atoms with Gasteiger partial charge >= 0.3 is 0 Å². The van der Waals surface area contributed by atoms with Crippen molar-refractivity contribution in [2.45, 2.75) is 45.3 Å². The Morgan fingerprint density at radius 2 is 2.19 bits per heavy atom. The van der Waals surface area contributed by atoms with E-state index in [1.54, 1.807) is 7.11 Å². The molecule has 4 heteroatoms. The summed E-state index contributed by atoms with van der Waals surface area (Å²) in [5.74, 6) is 0. The van der Waals surface area contributed by atoms with Gasteiger partial charge in [-0.25, -0.2) is 4.98 Å². The minimum Gasteiger partial charge on any atom is -0.381 e. The lowest BCUT2D eigenvalue weighted by molar-refractivity contribution is -0.0325. The third-order valence-corrected chi connectivity index (χ3v) is 4.72. The quantitative estimate of drug-likeness (QED) is 0.877. The van der Waals surface area contributed by atoms with Gasteiger partial charge in [0, 0.05) is 12.0 Å². The normalized spacial score (nSPS) is 29.1. The van der Waals surface area contributed by atoms with Crippen LogP contribution in [0.3, 0.4) is 0 Å². The van der Waals surface area contributed by atoms with Gasteiger partial charge in [-0.3, -0.25) is 0 Å². The molecule has 0 unspecified atom stereocenters. The van der Waals surface area contributed by atoms with Gasteiger partial charge in [0.05, 0.1) is 17.3 Å². The van der Waals surface area contributed by atoms with Crippen molar-refractivity contribution in [1.82, 2.24) is 10.3 Å². The van der Waals surface area contributed by atoms with Crippen molar-refractivity contribution in [2.75, 3.05) is 13.7 Å². The number of methoxy groups -OCH3 is 1.